The van der Waals surface area contributed by atoms with Gasteiger partial charge in [-0.25, -0.2) is 0 Å². The molecule has 1 N–H and O–H groups in total. The molecule has 0 saturated carbocycles. The van der Waals surface area contributed by atoms with Crippen molar-refractivity contribution in [3.8, 4) is 0 Å². The van der Waals surface area contributed by atoms with Gasteiger partial charge in [0.15, 0.2) is 0 Å². The molecule has 0 rings (SSSR count). The molecule has 0 bridgehead atoms. The lowest BCUT2D eigenvalue weighted by atomic mass is 10.2. The number of rotatable bonds is 2. The number of hydrogen-bond donors (Lipinski definition) is 1. The van der Waals surface area contributed by atoms with E-state index in [1.165, 1.54) is 0 Å². The Kier molecular flexibility index (Phi) is 2.76. The van der Waals surface area contributed by atoms with Gasteiger partial charge in [-0.05, 0) is 18.7 Å². The summed E-state index contributed by atoms with van der Waals surface area (Å²) in [5, 5.41) is 6.94. The van der Waals surface area contributed by atoms with Gasteiger partial charge in [-0.15, -0.1) is 0 Å². The molecule has 7 heavy (non-hydrogen) atoms. The molecule has 1 nitrogen and oxygen atoms in total. The second kappa shape index (κ2) is 2.86. The van der Waals surface area contributed by atoms with Gasteiger partial charge in [0.1, 0.15) is 0 Å². The first-order valence-corrected chi connectivity index (χ1v) is 2.57. The first kappa shape index (κ1) is 6.76. The minimum absolute atomic E-state index is 0.646. The van der Waals surface area contributed by atoms with Crippen molar-refractivity contribution >= 4 is 22.8 Å². The van der Waals surface area contributed by atoms with Gasteiger partial charge in [0.2, 0.25) is 0 Å². The van der Waals surface area contributed by atoms with Crippen LogP contribution in [-0.2, 0) is 0 Å². The van der Waals surface area contributed by atoms with Crippen molar-refractivity contribution in [3.05, 3.63) is 0 Å². The molecule has 0 aliphatic rings. The molecule has 0 aliphatic heterocycles. The summed E-state index contributed by atoms with van der Waals surface area (Å²) in [6, 6.07) is 0. The van der Waals surface area contributed by atoms with Gasteiger partial charge in [0.05, 0.1) is 0 Å². The molecule has 0 unspecified atom stereocenters. The Hall–Kier alpha value is -0.240. The molecule has 0 fully saturated rings. The van der Waals surface area contributed by atoms with E-state index in [4.69, 9.17) is 17.6 Å². The van der Waals surface area contributed by atoms with Crippen LogP contribution in [0.3, 0.4) is 0 Å². The predicted molar refractivity (Wildman–Crippen MR) is 36.3 cm³/mol. The van der Waals surface area contributed by atoms with Crippen LogP contribution in [0.5, 0.6) is 0 Å². The maximum atomic E-state index is 6.94. The van der Waals surface area contributed by atoms with Gasteiger partial charge in [-0.3, -0.25) is 0 Å². The third-order valence-corrected chi connectivity index (χ3v) is 0.658. The van der Waals surface area contributed by atoms with Crippen LogP contribution in [0, 0.1) is 5.41 Å². The fourth-order valence-electron chi connectivity index (χ4n) is 0.373. The normalized spacial score (nSPS) is 8.29. The molecule has 0 spiro atoms. The van der Waals surface area contributed by atoms with Gasteiger partial charge in [0.25, 0.3) is 0 Å². The van der Waals surface area contributed by atoms with Crippen molar-refractivity contribution in [2.24, 2.45) is 0 Å². The first-order valence-electron chi connectivity index (χ1n) is 2.16. The smallest absolute Gasteiger partial charge is 0.0160 e. The lowest BCUT2D eigenvalue weighted by Gasteiger charge is -1.88. The predicted octanol–water partition coefficient (Wildman–Crippen LogP) is 1.81. The average molecular weight is 115 g/mol. The number of hydrogen-bond acceptors (Lipinski definition) is 2. The molecule has 0 heterocycles. The van der Waals surface area contributed by atoms with E-state index < -0.39 is 0 Å². The Labute approximate surface area is 49.2 Å². The maximum Gasteiger partial charge on any atom is 0.0160 e. The SMILES string of the molecule is CC(=N)CC(C)=S. The Balaban J connectivity index is 3.32. The molecular formula is C5H9NS. The summed E-state index contributed by atoms with van der Waals surface area (Å²) in [5.41, 5.74) is 0.646. The Bertz CT molecular complexity index is 84.3. The monoisotopic (exact) mass is 115 g/mol. The van der Waals surface area contributed by atoms with Crippen molar-refractivity contribution < 1.29 is 0 Å². The molecule has 0 aromatic heterocycles. The highest BCUT2D eigenvalue weighted by Gasteiger charge is 1.86. The summed E-state index contributed by atoms with van der Waals surface area (Å²) in [6.07, 6.45) is 0.676. The van der Waals surface area contributed by atoms with Crippen molar-refractivity contribution in [2.75, 3.05) is 0 Å². The molecule has 0 atom stereocenters. The molecule has 0 saturated heterocycles. The van der Waals surface area contributed by atoms with E-state index in [1.54, 1.807) is 6.92 Å². The minimum atomic E-state index is 0.646. The fourth-order valence-corrected chi connectivity index (χ4v) is 0.590. The van der Waals surface area contributed by atoms with Crippen molar-refractivity contribution in [1.82, 2.24) is 0 Å². The summed E-state index contributed by atoms with van der Waals surface area (Å²) < 4.78 is 0. The van der Waals surface area contributed by atoms with E-state index in [0.717, 1.165) is 4.86 Å². The lowest BCUT2D eigenvalue weighted by molar-refractivity contribution is 1.39. The van der Waals surface area contributed by atoms with E-state index >= 15 is 0 Å². The van der Waals surface area contributed by atoms with Crippen LogP contribution in [0.25, 0.3) is 0 Å². The average Bonchev–Trinajstić information content (AvgIpc) is 1.27. The first-order chi connectivity index (χ1) is 3.13. The van der Waals surface area contributed by atoms with Crippen LogP contribution in [0.4, 0.5) is 0 Å². The second-order valence-corrected chi connectivity index (χ2v) is 2.36. The zero-order valence-electron chi connectivity index (χ0n) is 4.62. The lowest BCUT2D eigenvalue weighted by Crippen LogP contribution is -1.94. The van der Waals surface area contributed by atoms with Crippen LogP contribution in [-0.4, -0.2) is 10.6 Å². The van der Waals surface area contributed by atoms with Gasteiger partial charge >= 0.3 is 0 Å². The van der Waals surface area contributed by atoms with Gasteiger partial charge in [-0.2, -0.15) is 0 Å². The largest absolute Gasteiger partial charge is 0.310 e. The summed E-state index contributed by atoms with van der Waals surface area (Å²) >= 11 is 4.73. The van der Waals surface area contributed by atoms with Crippen molar-refractivity contribution in [3.63, 3.8) is 0 Å². The summed E-state index contributed by atoms with van der Waals surface area (Å²) in [5.74, 6) is 0. The molecule has 0 radical (unpaired) electrons. The highest BCUT2D eigenvalue weighted by atomic mass is 32.1. The van der Waals surface area contributed by atoms with Crippen molar-refractivity contribution in [1.29, 1.82) is 5.41 Å². The van der Waals surface area contributed by atoms with E-state index in [-0.39, 0.29) is 0 Å². The summed E-state index contributed by atoms with van der Waals surface area (Å²) in [7, 11) is 0. The Morgan fingerprint density at radius 1 is 1.57 bits per heavy atom. The van der Waals surface area contributed by atoms with Crippen LogP contribution in [0.15, 0.2) is 0 Å². The third kappa shape index (κ3) is 5.76. The van der Waals surface area contributed by atoms with Gasteiger partial charge in [0, 0.05) is 12.1 Å². The fraction of sp³-hybridized carbons (Fsp3) is 0.600. The maximum absolute atomic E-state index is 6.94. The quantitative estimate of drug-likeness (QED) is 0.430. The summed E-state index contributed by atoms with van der Waals surface area (Å²) in [4.78, 5) is 0.896. The number of thiocarbonyl (C=S) groups is 1. The van der Waals surface area contributed by atoms with Crippen LogP contribution < -0.4 is 0 Å². The molecule has 0 amide bonds. The topological polar surface area (TPSA) is 23.9 Å². The van der Waals surface area contributed by atoms with Crippen LogP contribution in [0.2, 0.25) is 0 Å². The molecule has 2 heteroatoms. The van der Waals surface area contributed by atoms with E-state index in [1.807, 2.05) is 6.92 Å². The van der Waals surface area contributed by atoms with E-state index in [0.29, 0.717) is 12.1 Å². The number of nitrogens with one attached hydrogen (secondary N) is 1. The van der Waals surface area contributed by atoms with Crippen molar-refractivity contribution in [2.45, 2.75) is 20.3 Å². The Morgan fingerprint density at radius 2 is 2.00 bits per heavy atom. The molecule has 0 aromatic carbocycles. The second-order valence-electron chi connectivity index (χ2n) is 1.66. The molecule has 40 valence electrons. The van der Waals surface area contributed by atoms with E-state index in [9.17, 15) is 0 Å². The van der Waals surface area contributed by atoms with E-state index in [2.05, 4.69) is 0 Å². The third-order valence-electron chi connectivity index (χ3n) is 0.514. The van der Waals surface area contributed by atoms with Crippen LogP contribution in [0.1, 0.15) is 20.3 Å². The standard InChI is InChI=1S/C5H9NS/c1-4(6)3-5(2)7/h6H,3H2,1-2H3. The highest BCUT2D eigenvalue weighted by Crippen LogP contribution is 1.85. The van der Waals surface area contributed by atoms with Crippen LogP contribution >= 0.6 is 12.2 Å². The Morgan fingerprint density at radius 3 is 2.00 bits per heavy atom. The zero-order valence-corrected chi connectivity index (χ0v) is 5.43. The molecule has 0 aromatic rings. The minimum Gasteiger partial charge on any atom is -0.310 e. The summed E-state index contributed by atoms with van der Waals surface area (Å²) in [6.45, 7) is 3.61. The molecule has 0 aliphatic carbocycles. The highest BCUT2D eigenvalue weighted by molar-refractivity contribution is 7.80. The van der Waals surface area contributed by atoms with Gasteiger partial charge in [-0.1, -0.05) is 12.2 Å². The molecular weight excluding hydrogens is 106 g/mol. The zero-order chi connectivity index (χ0) is 5.86. The van der Waals surface area contributed by atoms with Gasteiger partial charge < -0.3 is 5.41 Å².